The zero-order chi connectivity index (χ0) is 30.6. The minimum atomic E-state index is -0.735. The third kappa shape index (κ3) is 4.97. The van der Waals surface area contributed by atoms with Crippen molar-refractivity contribution in [2.75, 3.05) is 26.4 Å². The van der Waals surface area contributed by atoms with Crippen LogP contribution in [0.2, 0.25) is 0 Å². The molecule has 234 valence electrons. The molecule has 3 saturated heterocycles. The Labute approximate surface area is 274 Å². The number of alkyl halides is 1. The van der Waals surface area contributed by atoms with E-state index in [2.05, 4.69) is 71.0 Å². The molecule has 1 aromatic heterocycles. The Kier molecular flexibility index (Phi) is 7.43. The fourth-order valence-electron chi connectivity index (χ4n) is 8.74. The van der Waals surface area contributed by atoms with Crippen LogP contribution < -0.4 is 9.47 Å². The smallest absolute Gasteiger partial charge is 0.253 e. The van der Waals surface area contributed by atoms with Crippen LogP contribution in [0.5, 0.6) is 11.5 Å². The summed E-state index contributed by atoms with van der Waals surface area (Å²) in [7, 11) is 0. The number of likely N-dealkylation sites (tertiary alicyclic amines) is 1. The summed E-state index contributed by atoms with van der Waals surface area (Å²) < 4.78 is 22.4. The minimum absolute atomic E-state index is 0.0121. The van der Waals surface area contributed by atoms with E-state index in [1.165, 1.54) is 17.5 Å². The van der Waals surface area contributed by atoms with E-state index in [0.717, 1.165) is 69.5 Å². The van der Waals surface area contributed by atoms with E-state index in [4.69, 9.17) is 18.0 Å². The van der Waals surface area contributed by atoms with Gasteiger partial charge in [0.1, 0.15) is 5.82 Å². The summed E-state index contributed by atoms with van der Waals surface area (Å²) in [6, 6.07) is 25.9. The van der Waals surface area contributed by atoms with Crippen molar-refractivity contribution >= 4 is 38.0 Å². The monoisotopic (exact) mass is 717 g/mol. The molecule has 0 saturated carbocycles. The maximum Gasteiger partial charge on any atom is 0.253 e. The fraction of sp³-hybridized carbons (Fsp3) is 0.444. The second-order valence-corrected chi connectivity index (χ2v) is 15.8. The molecule has 3 atom stereocenters. The number of hydrogen-bond acceptors (Lipinski definition) is 6. The van der Waals surface area contributed by atoms with Gasteiger partial charge in [0.05, 0.1) is 14.6 Å². The number of aryl methyl sites for hydroxylation is 1. The highest BCUT2D eigenvalue weighted by Gasteiger charge is 2.52. The zero-order valence-corrected chi connectivity index (χ0v) is 27.9. The first-order valence-corrected chi connectivity index (χ1v) is 18.4. The Hall–Kier alpha value is -3.31. The van der Waals surface area contributed by atoms with Gasteiger partial charge >= 0.3 is 0 Å². The number of hydrogen-bond donors (Lipinski definition) is 1. The van der Waals surface area contributed by atoms with Gasteiger partial charge in [-0.05, 0) is 93.2 Å². The molecule has 2 unspecified atom stereocenters. The first kappa shape index (κ1) is 29.1. The molecule has 1 N–H and O–H groups in total. The summed E-state index contributed by atoms with van der Waals surface area (Å²) >= 11 is -0.735. The number of amides is 1. The Morgan fingerprint density at radius 2 is 1.76 bits per heavy atom. The lowest BCUT2D eigenvalue weighted by atomic mass is 9.70. The molecule has 0 spiro atoms. The molecule has 9 heteroatoms. The van der Waals surface area contributed by atoms with Gasteiger partial charge in [0, 0.05) is 58.3 Å². The summed E-state index contributed by atoms with van der Waals surface area (Å²) in [6.45, 7) is 4.83. The maximum atomic E-state index is 13.6. The van der Waals surface area contributed by atoms with E-state index in [0.29, 0.717) is 29.1 Å². The Morgan fingerprint density at radius 1 is 0.978 bits per heavy atom. The first-order chi connectivity index (χ1) is 22.0. The van der Waals surface area contributed by atoms with Gasteiger partial charge in [0.15, 0.2) is 11.5 Å². The number of nitrogens with one attached hydrogen (secondary N) is 1. The lowest BCUT2D eigenvalue weighted by Crippen LogP contribution is -2.52. The van der Waals surface area contributed by atoms with Crippen LogP contribution in [-0.2, 0) is 5.41 Å². The number of para-hydroxylation sites is 2. The summed E-state index contributed by atoms with van der Waals surface area (Å²) in [5.41, 5.74) is 4.37. The molecule has 45 heavy (non-hydrogen) atoms. The van der Waals surface area contributed by atoms with Crippen molar-refractivity contribution in [2.45, 2.75) is 72.9 Å². The molecule has 4 aliphatic rings. The number of aromatic nitrogens is 2. The molecule has 1 amide bonds. The third-order valence-corrected chi connectivity index (χ3v) is 13.7. The van der Waals surface area contributed by atoms with Crippen LogP contribution in [0.1, 0.15) is 72.7 Å². The van der Waals surface area contributed by atoms with Crippen LogP contribution in [0.15, 0.2) is 72.8 Å². The molecule has 5 heterocycles. The number of piperidine rings is 2. The molecule has 2 bridgehead atoms. The van der Waals surface area contributed by atoms with E-state index in [1.807, 2.05) is 23.1 Å². The average Bonchev–Trinajstić information content (AvgIpc) is 3.75. The molecule has 4 aromatic rings. The van der Waals surface area contributed by atoms with Gasteiger partial charge in [-0.25, -0.2) is 4.98 Å². The van der Waals surface area contributed by atoms with Gasteiger partial charge in [0.25, 0.3) is 5.91 Å². The predicted octanol–water partition coefficient (Wildman–Crippen LogP) is 7.57. The van der Waals surface area contributed by atoms with Crippen LogP contribution in [-0.4, -0.2) is 61.3 Å². The highest BCUT2D eigenvalue weighted by molar-refractivity contribution is 14.1. The molecule has 4 aliphatic heterocycles. The number of nitrogens with zero attached hydrogens (tertiary/aromatic N) is 4. The van der Waals surface area contributed by atoms with Crippen LogP contribution >= 0.6 is 21.0 Å². The number of benzene rings is 3. The van der Waals surface area contributed by atoms with Crippen LogP contribution in [0.25, 0.3) is 11.0 Å². The highest BCUT2D eigenvalue weighted by atomic mass is 127. The summed E-state index contributed by atoms with van der Waals surface area (Å²) in [4.78, 5) is 23.3. The van der Waals surface area contributed by atoms with Gasteiger partial charge in [-0.15, -0.1) is 0 Å². The van der Waals surface area contributed by atoms with Crippen molar-refractivity contribution in [3.05, 3.63) is 89.7 Å². The largest absolute Gasteiger partial charge is 0.454 e. The van der Waals surface area contributed by atoms with Crippen molar-refractivity contribution in [2.24, 2.45) is 0 Å². The van der Waals surface area contributed by atoms with Gasteiger partial charge in [-0.2, -0.15) is 0 Å². The Morgan fingerprint density at radius 3 is 2.58 bits per heavy atom. The van der Waals surface area contributed by atoms with E-state index in [-0.39, 0.29) is 21.7 Å². The van der Waals surface area contributed by atoms with Crippen molar-refractivity contribution in [3.63, 3.8) is 0 Å². The zero-order valence-electron chi connectivity index (χ0n) is 25.8. The van der Waals surface area contributed by atoms with E-state index in [1.54, 1.807) is 0 Å². The van der Waals surface area contributed by atoms with Gasteiger partial charge in [0.2, 0.25) is 6.79 Å². The molecule has 3 fully saturated rings. The van der Waals surface area contributed by atoms with E-state index >= 15 is 0 Å². The topological polar surface area (TPSA) is 83.7 Å². The minimum Gasteiger partial charge on any atom is -0.454 e. The Bertz CT molecular complexity index is 1750. The van der Waals surface area contributed by atoms with Gasteiger partial charge in [-0.3, -0.25) is 13.3 Å². The third-order valence-electron chi connectivity index (χ3n) is 11.1. The fourth-order valence-corrected chi connectivity index (χ4v) is 11.0. The van der Waals surface area contributed by atoms with Crippen LogP contribution in [0.4, 0.5) is 0 Å². The number of fused-ring (bicyclic) bond motifs is 4. The molecule has 0 radical (unpaired) electrons. The molecular weight excluding hydrogens is 677 g/mol. The highest BCUT2D eigenvalue weighted by Crippen LogP contribution is 2.55. The molecule has 3 aromatic carbocycles. The number of rotatable bonds is 7. The van der Waals surface area contributed by atoms with Crippen molar-refractivity contribution in [1.82, 2.24) is 19.4 Å². The maximum absolute atomic E-state index is 13.6. The van der Waals surface area contributed by atoms with Crippen molar-refractivity contribution in [1.29, 1.82) is 3.56 Å². The second-order valence-electron chi connectivity index (χ2n) is 13.3. The van der Waals surface area contributed by atoms with Gasteiger partial charge in [-0.1, -0.05) is 42.5 Å². The lowest BCUT2D eigenvalue weighted by molar-refractivity contribution is 0.0590. The van der Waals surface area contributed by atoms with Crippen molar-refractivity contribution < 1.29 is 14.3 Å². The molecule has 0 aliphatic carbocycles. The van der Waals surface area contributed by atoms with E-state index < -0.39 is 21.0 Å². The number of halogens is 1. The van der Waals surface area contributed by atoms with Crippen molar-refractivity contribution in [3.8, 4) is 11.5 Å². The molecular formula is C36H40IN5O3. The normalized spacial score (nSPS) is 25.6. The van der Waals surface area contributed by atoms with Gasteiger partial charge < -0.3 is 18.9 Å². The molecule has 8 nitrogen and oxygen atoms in total. The molecule has 8 rings (SSSR count). The second kappa shape index (κ2) is 11.5. The van der Waals surface area contributed by atoms with Crippen LogP contribution in [0.3, 0.4) is 0 Å². The number of carbonyl (C=O) groups excluding carboxylic acids is 1. The predicted molar refractivity (Wildman–Crippen MR) is 182 cm³/mol. The van der Waals surface area contributed by atoms with E-state index in [9.17, 15) is 4.79 Å². The number of ether oxygens (including phenoxy) is 2. The van der Waals surface area contributed by atoms with Crippen LogP contribution in [0, 0.1) is 10.5 Å². The first-order valence-electron chi connectivity index (χ1n) is 16.3. The summed E-state index contributed by atoms with van der Waals surface area (Å²) in [5.74, 6) is 2.51. The standard InChI is InChI=1S/C36H40IN5O3/c1-25-39-30-9-5-6-10-31(30)42(25)29-22-28-13-14-36(23-29,37-38)41(28)20-17-35(27-7-3-2-4-8-27)15-18-40(19-16-35)34(43)26-11-12-32-33(21-26)45-24-44-32/h2-12,21,28-29,38H,13-20,22-24H2,1H3/t28-,29?,36?/m0/s1. The lowest BCUT2D eigenvalue weighted by Gasteiger charge is -2.48. The Balaban J connectivity index is 1.01. The average molecular weight is 718 g/mol. The quantitative estimate of drug-likeness (QED) is 0.121. The number of carbonyl (C=O) groups is 1. The SMILES string of the molecule is Cc1nc2ccccc2n1C1C[C@@H]2CCC(I=N)(C1)N2CCC1(c2ccccc2)CCN(C(=O)c2ccc3c(c2)OCO3)CC1. The summed E-state index contributed by atoms with van der Waals surface area (Å²) in [6.07, 6.45) is 7.46. The number of imidazole rings is 1. The summed E-state index contributed by atoms with van der Waals surface area (Å²) in [5, 5.41) is 0.